The second kappa shape index (κ2) is 10.0. The van der Waals surface area contributed by atoms with E-state index in [2.05, 4.69) is 4.90 Å². The van der Waals surface area contributed by atoms with Gasteiger partial charge >= 0.3 is 5.97 Å². The number of likely N-dealkylation sites (tertiary alicyclic amines) is 1. The molecule has 0 aliphatic carbocycles. The van der Waals surface area contributed by atoms with Crippen molar-refractivity contribution in [2.24, 2.45) is 11.7 Å². The van der Waals surface area contributed by atoms with E-state index in [-0.39, 0.29) is 18.2 Å². The number of aryl methyl sites for hydroxylation is 1. The van der Waals surface area contributed by atoms with Crippen LogP contribution in [0.15, 0.2) is 48.5 Å². The van der Waals surface area contributed by atoms with Crippen molar-refractivity contribution in [3.63, 3.8) is 0 Å². The van der Waals surface area contributed by atoms with Crippen molar-refractivity contribution in [3.8, 4) is 11.5 Å². The number of thiophene rings is 1. The average Bonchev–Trinajstić information content (AvgIpc) is 3.43. The van der Waals surface area contributed by atoms with Crippen molar-refractivity contribution in [1.29, 1.82) is 10.8 Å². The van der Waals surface area contributed by atoms with Gasteiger partial charge in [-0.05, 0) is 73.7 Å². The number of nitrogens with zero attached hydrogens (tertiary/aromatic N) is 1. The van der Waals surface area contributed by atoms with Crippen LogP contribution in [0.5, 0.6) is 11.5 Å². The minimum Gasteiger partial charge on any atom is -0.493 e. The van der Waals surface area contributed by atoms with E-state index in [0.29, 0.717) is 36.1 Å². The number of carbonyl (C=O) groups excluding carboxylic acids is 1. The molecule has 0 amide bonds. The molecule has 2 aromatic carbocycles. The molecule has 4 N–H and O–H groups in total. The fourth-order valence-electron chi connectivity index (χ4n) is 3.89. The number of carbonyl (C=O) groups is 1. The van der Waals surface area contributed by atoms with Crippen LogP contribution >= 0.6 is 11.3 Å². The lowest BCUT2D eigenvalue weighted by Crippen LogP contribution is -2.26. The highest BCUT2D eigenvalue weighted by atomic mass is 32.1. The van der Waals surface area contributed by atoms with Crippen molar-refractivity contribution < 1.29 is 14.3 Å². The molecule has 1 saturated heterocycles. The zero-order valence-electron chi connectivity index (χ0n) is 18.6. The quantitative estimate of drug-likeness (QED) is 0.198. The number of nitrogens with two attached hydrogens (primary N) is 1. The van der Waals surface area contributed by atoms with Crippen molar-refractivity contribution in [2.45, 2.75) is 26.2 Å². The van der Waals surface area contributed by atoms with Crippen molar-refractivity contribution >= 4 is 39.1 Å². The topological polar surface area (TPSA) is 112 Å². The fraction of sp³-hybridized carbons (Fsp3) is 0.320. The molecule has 172 valence electrons. The van der Waals surface area contributed by atoms with E-state index in [0.717, 1.165) is 40.2 Å². The SMILES string of the molecule is CC(=N)N1CCC(COc2ccc(OC(=O)CCc3cc4cc(C(=N)N)ccc4s3)cc2)C1. The second-order valence-corrected chi connectivity index (χ2v) is 9.49. The first-order chi connectivity index (χ1) is 15.9. The number of nitrogens with one attached hydrogen (secondary N) is 2. The van der Waals surface area contributed by atoms with Gasteiger partial charge in [0.05, 0.1) is 18.9 Å². The molecule has 1 unspecified atom stereocenters. The number of rotatable bonds is 8. The van der Waals surface area contributed by atoms with Crippen LogP contribution in [0.2, 0.25) is 0 Å². The molecule has 8 heteroatoms. The first-order valence-corrected chi connectivity index (χ1v) is 11.8. The predicted molar refractivity (Wildman–Crippen MR) is 132 cm³/mol. The van der Waals surface area contributed by atoms with Crippen LogP contribution in [0, 0.1) is 16.7 Å². The Morgan fingerprint density at radius 3 is 2.61 bits per heavy atom. The maximum absolute atomic E-state index is 12.3. The van der Waals surface area contributed by atoms with Crippen LogP contribution in [0.4, 0.5) is 0 Å². The maximum atomic E-state index is 12.3. The smallest absolute Gasteiger partial charge is 0.311 e. The molecule has 1 aromatic heterocycles. The third-order valence-corrected chi connectivity index (χ3v) is 6.93. The predicted octanol–water partition coefficient (Wildman–Crippen LogP) is 4.42. The Morgan fingerprint density at radius 2 is 1.91 bits per heavy atom. The Balaban J connectivity index is 1.24. The van der Waals surface area contributed by atoms with Gasteiger partial charge in [0.25, 0.3) is 0 Å². The Bertz CT molecular complexity index is 1170. The third-order valence-electron chi connectivity index (χ3n) is 5.76. The van der Waals surface area contributed by atoms with Crippen molar-refractivity contribution in [1.82, 2.24) is 4.90 Å². The summed E-state index contributed by atoms with van der Waals surface area (Å²) in [6.07, 6.45) is 1.92. The lowest BCUT2D eigenvalue weighted by molar-refractivity contribution is -0.134. The zero-order chi connectivity index (χ0) is 23.4. The summed E-state index contributed by atoms with van der Waals surface area (Å²) in [4.78, 5) is 15.5. The van der Waals surface area contributed by atoms with Gasteiger partial charge in [-0.15, -0.1) is 11.3 Å². The summed E-state index contributed by atoms with van der Waals surface area (Å²) in [5.41, 5.74) is 6.26. The highest BCUT2D eigenvalue weighted by Gasteiger charge is 2.23. The lowest BCUT2D eigenvalue weighted by Gasteiger charge is -2.16. The molecule has 0 saturated carbocycles. The summed E-state index contributed by atoms with van der Waals surface area (Å²) in [6.45, 7) is 4.21. The van der Waals surface area contributed by atoms with Gasteiger partial charge in [0.15, 0.2) is 0 Å². The van der Waals surface area contributed by atoms with Crippen molar-refractivity contribution in [3.05, 3.63) is 59.0 Å². The zero-order valence-corrected chi connectivity index (χ0v) is 19.4. The fourth-order valence-corrected chi connectivity index (χ4v) is 4.93. The molecule has 7 nitrogen and oxygen atoms in total. The van der Waals surface area contributed by atoms with Gasteiger partial charge in [-0.2, -0.15) is 0 Å². The Kier molecular flexibility index (Phi) is 6.93. The molecule has 33 heavy (non-hydrogen) atoms. The highest BCUT2D eigenvalue weighted by Crippen LogP contribution is 2.28. The normalized spacial score (nSPS) is 15.5. The van der Waals surface area contributed by atoms with Crippen molar-refractivity contribution in [2.75, 3.05) is 19.7 Å². The van der Waals surface area contributed by atoms with E-state index in [9.17, 15) is 4.79 Å². The van der Waals surface area contributed by atoms with E-state index in [4.69, 9.17) is 26.0 Å². The summed E-state index contributed by atoms with van der Waals surface area (Å²) in [6, 6.07) is 14.9. The standard InChI is InChI=1S/C25H28N4O3S/c1-16(26)29-11-10-17(14-29)15-31-20-3-5-21(6-4-20)32-24(30)9-7-22-13-19-12-18(25(27)28)2-8-23(19)33-22/h2-6,8,12-13,17,26H,7,9-11,14-15H2,1H3,(H3,27,28). The molecule has 3 aromatic rings. The van der Waals surface area contributed by atoms with E-state index in [1.54, 1.807) is 23.5 Å². The largest absolute Gasteiger partial charge is 0.493 e. The van der Waals surface area contributed by atoms with Gasteiger partial charge in [-0.25, -0.2) is 0 Å². The molecule has 1 atom stereocenters. The first kappa shape index (κ1) is 22.8. The number of hydrogen-bond donors (Lipinski definition) is 3. The molecule has 0 radical (unpaired) electrons. The van der Waals surface area contributed by atoms with Crippen LogP contribution in [-0.2, 0) is 11.2 Å². The van der Waals surface area contributed by atoms with Crippen LogP contribution in [0.3, 0.4) is 0 Å². The van der Waals surface area contributed by atoms with E-state index >= 15 is 0 Å². The van der Waals surface area contributed by atoms with Crippen LogP contribution in [-0.4, -0.2) is 42.2 Å². The van der Waals surface area contributed by atoms with Gasteiger partial charge in [0, 0.05) is 34.1 Å². The highest BCUT2D eigenvalue weighted by molar-refractivity contribution is 7.19. The summed E-state index contributed by atoms with van der Waals surface area (Å²) in [5, 5.41) is 16.3. The summed E-state index contributed by atoms with van der Waals surface area (Å²) in [7, 11) is 0. The molecule has 1 aliphatic heterocycles. The number of amidine groups is 2. The lowest BCUT2D eigenvalue weighted by atomic mass is 10.1. The molecular formula is C25H28N4O3S. The van der Waals surface area contributed by atoms with Gasteiger partial charge in [0.1, 0.15) is 17.3 Å². The van der Waals surface area contributed by atoms with Crippen LogP contribution < -0.4 is 15.2 Å². The Morgan fingerprint density at radius 1 is 1.15 bits per heavy atom. The number of esters is 1. The summed E-state index contributed by atoms with van der Waals surface area (Å²) < 4.78 is 12.5. The minimum absolute atomic E-state index is 0.0488. The minimum atomic E-state index is -0.279. The number of hydrogen-bond acceptors (Lipinski definition) is 6. The molecule has 4 rings (SSSR count). The van der Waals surface area contributed by atoms with E-state index in [1.165, 1.54) is 0 Å². The molecule has 1 fully saturated rings. The molecular weight excluding hydrogens is 436 g/mol. The molecule has 0 bridgehead atoms. The van der Waals surface area contributed by atoms with E-state index < -0.39 is 0 Å². The number of nitrogen functional groups attached to an aromatic ring is 1. The van der Waals surface area contributed by atoms with Crippen LogP contribution in [0.25, 0.3) is 10.1 Å². The first-order valence-electron chi connectivity index (χ1n) is 11.0. The summed E-state index contributed by atoms with van der Waals surface area (Å²) >= 11 is 1.63. The van der Waals surface area contributed by atoms with Crippen LogP contribution in [0.1, 0.15) is 30.2 Å². The summed E-state index contributed by atoms with van der Waals surface area (Å²) in [5.74, 6) is 2.05. The number of fused-ring (bicyclic) bond motifs is 1. The molecule has 0 spiro atoms. The maximum Gasteiger partial charge on any atom is 0.311 e. The van der Waals surface area contributed by atoms with Gasteiger partial charge < -0.3 is 20.1 Å². The average molecular weight is 465 g/mol. The second-order valence-electron chi connectivity index (χ2n) is 8.32. The molecule has 1 aliphatic rings. The third kappa shape index (κ3) is 5.90. The van der Waals surface area contributed by atoms with Gasteiger partial charge in [0.2, 0.25) is 0 Å². The monoisotopic (exact) mass is 464 g/mol. The van der Waals surface area contributed by atoms with Gasteiger partial charge in [-0.1, -0.05) is 0 Å². The van der Waals surface area contributed by atoms with E-state index in [1.807, 2.05) is 43.3 Å². The molecule has 2 heterocycles. The van der Waals surface area contributed by atoms with Gasteiger partial charge in [-0.3, -0.25) is 15.6 Å². The number of ether oxygens (including phenoxy) is 2. The number of benzene rings is 2. The Labute approximate surface area is 197 Å². The Hall–Kier alpha value is -3.39.